The average Bonchev–Trinajstić information content (AvgIpc) is 3.28. The quantitative estimate of drug-likeness (QED) is 0.158. The summed E-state index contributed by atoms with van der Waals surface area (Å²) in [6, 6.07) is 23.9. The van der Waals surface area contributed by atoms with Crippen molar-refractivity contribution in [2.45, 2.75) is 6.61 Å². The van der Waals surface area contributed by atoms with Crippen LogP contribution in [-0.4, -0.2) is 18.3 Å². The maximum Gasteiger partial charge on any atom is 0.203 e. The zero-order valence-electron chi connectivity index (χ0n) is 16.8. The van der Waals surface area contributed by atoms with E-state index in [0.717, 1.165) is 39.0 Å². The summed E-state index contributed by atoms with van der Waals surface area (Å²) in [7, 11) is 1.66. The maximum atomic E-state index is 5.91. The molecule has 4 aromatic rings. The van der Waals surface area contributed by atoms with Crippen LogP contribution in [0.25, 0.3) is 11.3 Å². The molecular formula is C24H20IN3O2S. The predicted octanol–water partition coefficient (Wildman–Crippen LogP) is 6.45. The minimum atomic E-state index is 0.409. The lowest BCUT2D eigenvalue weighted by molar-refractivity contribution is 0.296. The van der Waals surface area contributed by atoms with Gasteiger partial charge in [-0.25, -0.2) is 4.98 Å². The second-order valence-electron chi connectivity index (χ2n) is 6.59. The van der Waals surface area contributed by atoms with Gasteiger partial charge in [-0.3, -0.25) is 5.43 Å². The molecule has 0 aliphatic rings. The summed E-state index contributed by atoms with van der Waals surface area (Å²) < 4.78 is 12.6. The number of thiazole rings is 1. The van der Waals surface area contributed by atoms with Crippen molar-refractivity contribution in [1.29, 1.82) is 0 Å². The fourth-order valence-corrected chi connectivity index (χ4v) is 3.94. The molecule has 0 spiro atoms. The van der Waals surface area contributed by atoms with Crippen LogP contribution < -0.4 is 14.9 Å². The van der Waals surface area contributed by atoms with Crippen molar-refractivity contribution in [3.63, 3.8) is 0 Å². The Bertz CT molecular complexity index is 1160. The highest BCUT2D eigenvalue weighted by Crippen LogP contribution is 2.25. The minimum absolute atomic E-state index is 0.409. The lowest BCUT2D eigenvalue weighted by atomic mass is 10.1. The summed E-state index contributed by atoms with van der Waals surface area (Å²) in [5, 5.41) is 7.09. The second-order valence-corrected chi connectivity index (χ2v) is 8.69. The van der Waals surface area contributed by atoms with Gasteiger partial charge in [-0.1, -0.05) is 30.3 Å². The van der Waals surface area contributed by atoms with Gasteiger partial charge in [0.15, 0.2) is 0 Å². The SMILES string of the molecule is COc1ccc(C=NNc2nc(-c3ccccc3)cs2)cc1COc1ccc(I)cc1. The molecule has 0 atom stereocenters. The molecule has 5 nitrogen and oxygen atoms in total. The topological polar surface area (TPSA) is 55.7 Å². The number of benzene rings is 3. The van der Waals surface area contributed by atoms with E-state index in [2.05, 4.69) is 38.1 Å². The molecule has 1 aromatic heterocycles. The molecule has 1 N–H and O–H groups in total. The summed E-state index contributed by atoms with van der Waals surface area (Å²) in [5.41, 5.74) is 6.92. The van der Waals surface area contributed by atoms with Gasteiger partial charge in [-0.15, -0.1) is 11.3 Å². The number of hydrogen-bond acceptors (Lipinski definition) is 6. The first-order valence-corrected chi connectivity index (χ1v) is 11.5. The molecule has 0 saturated heterocycles. The van der Waals surface area contributed by atoms with Gasteiger partial charge in [-0.05, 0) is 70.6 Å². The molecule has 0 unspecified atom stereocenters. The van der Waals surface area contributed by atoms with Gasteiger partial charge < -0.3 is 9.47 Å². The minimum Gasteiger partial charge on any atom is -0.496 e. The van der Waals surface area contributed by atoms with E-state index in [1.54, 1.807) is 13.3 Å². The van der Waals surface area contributed by atoms with E-state index in [-0.39, 0.29) is 0 Å². The molecular weight excluding hydrogens is 521 g/mol. The fraction of sp³-hybridized carbons (Fsp3) is 0.0833. The van der Waals surface area contributed by atoms with E-state index in [4.69, 9.17) is 9.47 Å². The van der Waals surface area contributed by atoms with Crippen molar-refractivity contribution in [1.82, 2.24) is 4.98 Å². The second kappa shape index (κ2) is 10.4. The third-order valence-corrected chi connectivity index (χ3v) is 5.93. The van der Waals surface area contributed by atoms with Crippen LogP contribution >= 0.6 is 33.9 Å². The Morgan fingerprint density at radius 2 is 1.87 bits per heavy atom. The van der Waals surface area contributed by atoms with Crippen molar-refractivity contribution in [3.8, 4) is 22.8 Å². The van der Waals surface area contributed by atoms with Gasteiger partial charge in [0, 0.05) is 20.1 Å². The summed E-state index contributed by atoms with van der Waals surface area (Å²) in [5.74, 6) is 1.60. The summed E-state index contributed by atoms with van der Waals surface area (Å²) in [4.78, 5) is 4.58. The van der Waals surface area contributed by atoms with Crippen molar-refractivity contribution in [2.75, 3.05) is 12.5 Å². The first-order chi connectivity index (χ1) is 15.2. The Labute approximate surface area is 198 Å². The molecule has 0 amide bonds. The highest BCUT2D eigenvalue weighted by atomic mass is 127. The van der Waals surface area contributed by atoms with Gasteiger partial charge in [0.2, 0.25) is 5.13 Å². The number of hydrazone groups is 1. The van der Waals surface area contributed by atoms with Crippen LogP contribution in [0.4, 0.5) is 5.13 Å². The van der Waals surface area contributed by atoms with Gasteiger partial charge in [0.1, 0.15) is 18.1 Å². The van der Waals surface area contributed by atoms with Crippen LogP contribution in [0.5, 0.6) is 11.5 Å². The van der Waals surface area contributed by atoms with E-state index in [1.807, 2.05) is 78.2 Å². The number of nitrogens with zero attached hydrogens (tertiary/aromatic N) is 2. The Morgan fingerprint density at radius 1 is 1.06 bits per heavy atom. The van der Waals surface area contributed by atoms with E-state index < -0.39 is 0 Å². The van der Waals surface area contributed by atoms with Crippen molar-refractivity contribution < 1.29 is 9.47 Å². The largest absolute Gasteiger partial charge is 0.496 e. The summed E-state index contributed by atoms with van der Waals surface area (Å²) in [6.45, 7) is 0.409. The average molecular weight is 541 g/mol. The highest BCUT2D eigenvalue weighted by Gasteiger charge is 2.06. The van der Waals surface area contributed by atoms with Crippen LogP contribution in [-0.2, 0) is 6.61 Å². The van der Waals surface area contributed by atoms with Crippen LogP contribution in [0.1, 0.15) is 11.1 Å². The van der Waals surface area contributed by atoms with Crippen molar-refractivity contribution in [2.24, 2.45) is 5.10 Å². The molecule has 1 heterocycles. The Morgan fingerprint density at radius 3 is 2.65 bits per heavy atom. The van der Waals surface area contributed by atoms with E-state index in [0.29, 0.717) is 6.61 Å². The predicted molar refractivity (Wildman–Crippen MR) is 135 cm³/mol. The summed E-state index contributed by atoms with van der Waals surface area (Å²) >= 11 is 3.79. The number of methoxy groups -OCH3 is 1. The molecule has 0 radical (unpaired) electrons. The maximum absolute atomic E-state index is 5.91. The molecule has 0 aliphatic carbocycles. The zero-order chi connectivity index (χ0) is 21.5. The summed E-state index contributed by atoms with van der Waals surface area (Å²) in [6.07, 6.45) is 1.76. The number of hydrogen-bond donors (Lipinski definition) is 1. The first-order valence-electron chi connectivity index (χ1n) is 9.56. The third kappa shape index (κ3) is 5.83. The molecule has 0 saturated carbocycles. The van der Waals surface area contributed by atoms with E-state index in [9.17, 15) is 0 Å². The number of rotatable bonds is 8. The Hall–Kier alpha value is -2.91. The van der Waals surface area contributed by atoms with Gasteiger partial charge in [0.25, 0.3) is 0 Å². The number of anilines is 1. The van der Waals surface area contributed by atoms with Crippen LogP contribution in [0, 0.1) is 3.57 Å². The van der Waals surface area contributed by atoms with E-state index >= 15 is 0 Å². The molecule has 0 aliphatic heterocycles. The number of ether oxygens (including phenoxy) is 2. The lowest BCUT2D eigenvalue weighted by Gasteiger charge is -2.11. The normalized spacial score (nSPS) is 10.9. The third-order valence-electron chi connectivity index (χ3n) is 4.46. The number of halogens is 1. The Balaban J connectivity index is 1.41. The first kappa shape index (κ1) is 21.3. The van der Waals surface area contributed by atoms with Gasteiger partial charge in [-0.2, -0.15) is 5.10 Å². The molecule has 0 bridgehead atoms. The standard InChI is InChI=1S/C24H20IN3O2S/c1-29-23-12-7-17(13-19(23)15-30-21-10-8-20(25)9-11-21)14-26-28-24-27-22(16-31-24)18-5-3-2-4-6-18/h2-14,16H,15H2,1H3,(H,27,28). The van der Waals surface area contributed by atoms with Crippen LogP contribution in [0.3, 0.4) is 0 Å². The number of aromatic nitrogens is 1. The molecule has 3 aromatic carbocycles. The lowest BCUT2D eigenvalue weighted by Crippen LogP contribution is -2.00. The number of nitrogens with one attached hydrogen (secondary N) is 1. The monoisotopic (exact) mass is 541 g/mol. The van der Waals surface area contributed by atoms with Gasteiger partial charge >= 0.3 is 0 Å². The molecule has 4 rings (SSSR count). The van der Waals surface area contributed by atoms with Crippen LogP contribution in [0.15, 0.2) is 83.3 Å². The zero-order valence-corrected chi connectivity index (χ0v) is 19.8. The molecule has 0 fully saturated rings. The smallest absolute Gasteiger partial charge is 0.203 e. The Kier molecular flexibility index (Phi) is 7.16. The van der Waals surface area contributed by atoms with Crippen molar-refractivity contribution >= 4 is 45.3 Å². The van der Waals surface area contributed by atoms with E-state index in [1.165, 1.54) is 14.9 Å². The molecule has 7 heteroatoms. The van der Waals surface area contributed by atoms with Crippen LogP contribution in [0.2, 0.25) is 0 Å². The molecule has 156 valence electrons. The highest BCUT2D eigenvalue weighted by molar-refractivity contribution is 14.1. The fourth-order valence-electron chi connectivity index (χ4n) is 2.91. The van der Waals surface area contributed by atoms with Gasteiger partial charge in [0.05, 0.1) is 19.0 Å². The molecule has 31 heavy (non-hydrogen) atoms. The van der Waals surface area contributed by atoms with Crippen molar-refractivity contribution in [3.05, 3.63) is 92.9 Å².